The van der Waals surface area contributed by atoms with Gasteiger partial charge in [-0.15, -0.1) is 0 Å². The van der Waals surface area contributed by atoms with Gasteiger partial charge >= 0.3 is 0 Å². The average molecular weight is 252 g/mol. The van der Waals surface area contributed by atoms with Crippen LogP contribution in [0.4, 0.5) is 0 Å². The fourth-order valence-corrected chi connectivity index (χ4v) is 2.91. The first-order valence-electron chi connectivity index (χ1n) is 6.75. The lowest BCUT2D eigenvalue weighted by Crippen LogP contribution is -1.93. The first kappa shape index (κ1) is 11.2. The van der Waals surface area contributed by atoms with Crippen molar-refractivity contribution in [3.63, 3.8) is 0 Å². The highest BCUT2D eigenvalue weighted by Crippen LogP contribution is 2.24. The molecular formula is C17H16O2. The van der Waals surface area contributed by atoms with Crippen molar-refractivity contribution in [2.45, 2.75) is 32.8 Å². The molecule has 0 fully saturated rings. The third-order valence-corrected chi connectivity index (χ3v) is 3.98. The molecule has 0 atom stereocenters. The van der Waals surface area contributed by atoms with Gasteiger partial charge in [0.05, 0.1) is 26.4 Å². The van der Waals surface area contributed by atoms with Gasteiger partial charge in [-0.1, -0.05) is 36.4 Å². The Hall–Kier alpha value is -1.64. The predicted octanol–water partition coefficient (Wildman–Crippen LogP) is 3.34. The molecule has 0 N–H and O–H groups in total. The van der Waals surface area contributed by atoms with E-state index in [1.165, 1.54) is 33.4 Å². The van der Waals surface area contributed by atoms with Gasteiger partial charge in [-0.25, -0.2) is 0 Å². The van der Waals surface area contributed by atoms with Crippen molar-refractivity contribution in [3.05, 3.63) is 69.8 Å². The van der Waals surface area contributed by atoms with E-state index in [0.29, 0.717) is 0 Å². The van der Waals surface area contributed by atoms with Gasteiger partial charge in [-0.05, 0) is 39.8 Å². The van der Waals surface area contributed by atoms with Gasteiger partial charge in [-0.3, -0.25) is 0 Å². The molecule has 2 aromatic rings. The Labute approximate surface area is 113 Å². The number of hydrogen-bond acceptors (Lipinski definition) is 2. The molecule has 19 heavy (non-hydrogen) atoms. The van der Waals surface area contributed by atoms with Crippen LogP contribution in [0.5, 0.6) is 0 Å². The van der Waals surface area contributed by atoms with Crippen LogP contribution in [0.25, 0.3) is 0 Å². The highest BCUT2D eigenvalue weighted by atomic mass is 16.5. The largest absolute Gasteiger partial charge is 0.372 e. The first-order chi connectivity index (χ1) is 9.38. The van der Waals surface area contributed by atoms with E-state index in [2.05, 4.69) is 36.4 Å². The first-order valence-corrected chi connectivity index (χ1v) is 6.75. The fraction of sp³-hybridized carbons (Fsp3) is 0.294. The summed E-state index contributed by atoms with van der Waals surface area (Å²) in [6.45, 7) is 3.07. The van der Waals surface area contributed by atoms with Crippen LogP contribution in [0.1, 0.15) is 33.4 Å². The number of rotatable bonds is 2. The van der Waals surface area contributed by atoms with E-state index in [9.17, 15) is 0 Å². The summed E-state index contributed by atoms with van der Waals surface area (Å²) in [4.78, 5) is 0. The van der Waals surface area contributed by atoms with Gasteiger partial charge in [0.25, 0.3) is 0 Å². The van der Waals surface area contributed by atoms with Gasteiger partial charge in [0.2, 0.25) is 0 Å². The zero-order valence-corrected chi connectivity index (χ0v) is 10.8. The van der Waals surface area contributed by atoms with E-state index in [0.717, 1.165) is 32.8 Å². The summed E-state index contributed by atoms with van der Waals surface area (Å²) in [5.74, 6) is 0. The van der Waals surface area contributed by atoms with Crippen molar-refractivity contribution in [1.82, 2.24) is 0 Å². The van der Waals surface area contributed by atoms with Gasteiger partial charge in [-0.2, -0.15) is 0 Å². The van der Waals surface area contributed by atoms with Crippen molar-refractivity contribution >= 4 is 0 Å². The van der Waals surface area contributed by atoms with Crippen LogP contribution < -0.4 is 0 Å². The number of benzene rings is 2. The molecule has 0 amide bonds. The minimum Gasteiger partial charge on any atom is -0.372 e. The second kappa shape index (κ2) is 4.48. The molecule has 2 heteroatoms. The van der Waals surface area contributed by atoms with Gasteiger partial charge in [0.1, 0.15) is 0 Å². The van der Waals surface area contributed by atoms with E-state index in [-0.39, 0.29) is 0 Å². The van der Waals surface area contributed by atoms with Crippen LogP contribution >= 0.6 is 0 Å². The summed E-state index contributed by atoms with van der Waals surface area (Å²) in [5.41, 5.74) is 8.10. The highest BCUT2D eigenvalue weighted by molar-refractivity contribution is 5.38. The lowest BCUT2D eigenvalue weighted by atomic mass is 9.98. The monoisotopic (exact) mass is 252 g/mol. The molecule has 0 radical (unpaired) electrons. The Morgan fingerprint density at radius 1 is 0.632 bits per heavy atom. The Bertz CT molecular complexity index is 576. The summed E-state index contributed by atoms with van der Waals surface area (Å²) >= 11 is 0. The molecule has 2 aliphatic rings. The van der Waals surface area contributed by atoms with E-state index in [4.69, 9.17) is 9.47 Å². The summed E-state index contributed by atoms with van der Waals surface area (Å²) < 4.78 is 10.9. The third kappa shape index (κ3) is 2.07. The van der Waals surface area contributed by atoms with Crippen molar-refractivity contribution in [2.24, 2.45) is 0 Å². The molecule has 0 aromatic heterocycles. The van der Waals surface area contributed by atoms with Crippen LogP contribution in [0.15, 0.2) is 36.4 Å². The van der Waals surface area contributed by atoms with Crippen molar-refractivity contribution in [1.29, 1.82) is 0 Å². The molecule has 4 rings (SSSR count). The molecule has 2 aromatic carbocycles. The van der Waals surface area contributed by atoms with Gasteiger partial charge < -0.3 is 9.47 Å². The Balaban J connectivity index is 1.61. The molecule has 96 valence electrons. The highest BCUT2D eigenvalue weighted by Gasteiger charge is 2.13. The molecule has 0 bridgehead atoms. The minimum atomic E-state index is 0.765. The van der Waals surface area contributed by atoms with E-state index < -0.39 is 0 Å². The molecular weight excluding hydrogens is 236 g/mol. The molecule has 0 spiro atoms. The van der Waals surface area contributed by atoms with Crippen LogP contribution in [0.2, 0.25) is 0 Å². The molecule has 2 heterocycles. The van der Waals surface area contributed by atoms with Crippen LogP contribution in [0, 0.1) is 0 Å². The second-order valence-electron chi connectivity index (χ2n) is 5.37. The summed E-state index contributed by atoms with van der Waals surface area (Å²) in [6, 6.07) is 13.4. The van der Waals surface area contributed by atoms with Gasteiger partial charge in [0, 0.05) is 0 Å². The Morgan fingerprint density at radius 3 is 1.63 bits per heavy atom. The molecule has 0 aliphatic carbocycles. The maximum Gasteiger partial charge on any atom is 0.0725 e. The third-order valence-electron chi connectivity index (χ3n) is 3.98. The predicted molar refractivity (Wildman–Crippen MR) is 72.7 cm³/mol. The molecule has 0 saturated carbocycles. The lowest BCUT2D eigenvalue weighted by Gasteiger charge is -2.06. The normalized spacial score (nSPS) is 16.4. The lowest BCUT2D eigenvalue weighted by molar-refractivity contribution is 0.134. The zero-order chi connectivity index (χ0) is 12.7. The SMILES string of the molecule is c1cc2c(cc1Cc1ccc3c(c1)COC3)COC2. The van der Waals surface area contributed by atoms with E-state index in [1.807, 2.05) is 0 Å². The smallest absolute Gasteiger partial charge is 0.0725 e. The van der Waals surface area contributed by atoms with Crippen molar-refractivity contribution in [2.75, 3.05) is 0 Å². The number of fused-ring (bicyclic) bond motifs is 2. The average Bonchev–Trinajstić information content (AvgIpc) is 3.05. The van der Waals surface area contributed by atoms with E-state index >= 15 is 0 Å². The quantitative estimate of drug-likeness (QED) is 0.816. The molecule has 2 nitrogen and oxygen atoms in total. The van der Waals surface area contributed by atoms with Crippen LogP contribution in [-0.2, 0) is 42.3 Å². The zero-order valence-electron chi connectivity index (χ0n) is 10.8. The summed E-state index contributed by atoms with van der Waals surface area (Å²) in [6.07, 6.45) is 0.987. The summed E-state index contributed by atoms with van der Waals surface area (Å²) in [7, 11) is 0. The fourth-order valence-electron chi connectivity index (χ4n) is 2.91. The molecule has 0 unspecified atom stereocenters. The Morgan fingerprint density at radius 2 is 1.11 bits per heavy atom. The topological polar surface area (TPSA) is 18.5 Å². The molecule has 2 aliphatic heterocycles. The standard InChI is InChI=1S/C17H16O2/c1-3-14-8-18-10-16(14)6-12(1)5-13-2-4-15-9-19-11-17(15)7-13/h1-4,6-7H,5,8-11H2. The summed E-state index contributed by atoms with van der Waals surface area (Å²) in [5, 5.41) is 0. The Kier molecular flexibility index (Phi) is 2.64. The second-order valence-corrected chi connectivity index (χ2v) is 5.37. The van der Waals surface area contributed by atoms with Crippen molar-refractivity contribution < 1.29 is 9.47 Å². The van der Waals surface area contributed by atoms with Crippen molar-refractivity contribution in [3.8, 4) is 0 Å². The molecule has 0 saturated heterocycles. The van der Waals surface area contributed by atoms with Crippen LogP contribution in [-0.4, -0.2) is 0 Å². The maximum atomic E-state index is 5.46. The van der Waals surface area contributed by atoms with Gasteiger partial charge in [0.15, 0.2) is 0 Å². The number of hydrogen-bond donors (Lipinski definition) is 0. The number of ether oxygens (including phenoxy) is 2. The maximum absolute atomic E-state index is 5.46. The van der Waals surface area contributed by atoms with E-state index in [1.54, 1.807) is 0 Å². The van der Waals surface area contributed by atoms with Crippen LogP contribution in [0.3, 0.4) is 0 Å². The minimum absolute atomic E-state index is 0.765.